The van der Waals surface area contributed by atoms with Crippen molar-refractivity contribution in [3.8, 4) is 0 Å². The first-order chi connectivity index (χ1) is 7.35. The van der Waals surface area contributed by atoms with Crippen molar-refractivity contribution in [2.24, 2.45) is 5.41 Å². The molecule has 0 bridgehead atoms. The van der Waals surface area contributed by atoms with Gasteiger partial charge in [-0.3, -0.25) is 0 Å². The van der Waals surface area contributed by atoms with Gasteiger partial charge in [0.1, 0.15) is 0 Å². The van der Waals surface area contributed by atoms with Crippen molar-refractivity contribution in [1.29, 1.82) is 0 Å². The van der Waals surface area contributed by atoms with Gasteiger partial charge in [0, 0.05) is 12.2 Å². The van der Waals surface area contributed by atoms with Gasteiger partial charge in [0.15, 0.2) is 0 Å². The maximum atomic E-state index is 11.2. The first kappa shape index (κ1) is 14.7. The van der Waals surface area contributed by atoms with Crippen molar-refractivity contribution in [3.05, 3.63) is 12.2 Å². The van der Waals surface area contributed by atoms with Crippen molar-refractivity contribution in [3.63, 3.8) is 0 Å². The lowest BCUT2D eigenvalue weighted by Gasteiger charge is -2.16. The fraction of sp³-hybridized carbons (Fsp3) is 0.667. The van der Waals surface area contributed by atoms with Gasteiger partial charge in [0.25, 0.3) is 0 Å². The average Bonchev–Trinajstić information content (AvgIpc) is 2.19. The highest BCUT2D eigenvalue weighted by atomic mass is 16.5. The van der Waals surface area contributed by atoms with Gasteiger partial charge in [0.2, 0.25) is 0 Å². The highest BCUT2D eigenvalue weighted by Crippen LogP contribution is 2.12. The molecular weight excluding hydrogens is 208 g/mol. The monoisotopic (exact) mass is 228 g/mol. The predicted molar refractivity (Wildman–Crippen MR) is 60.8 cm³/mol. The lowest BCUT2D eigenvalue weighted by Crippen LogP contribution is -2.17. The summed E-state index contributed by atoms with van der Waals surface area (Å²) < 4.78 is 9.68. The molecule has 0 saturated heterocycles. The zero-order valence-corrected chi connectivity index (χ0v) is 10.4. The fourth-order valence-electron chi connectivity index (χ4n) is 0.723. The predicted octanol–water partition coefficient (Wildman–Crippen LogP) is 2.09. The maximum absolute atomic E-state index is 11.2. The third-order valence-electron chi connectivity index (χ3n) is 1.45. The minimum atomic E-state index is -0.525. The molecule has 0 amide bonds. The summed E-state index contributed by atoms with van der Waals surface area (Å²) in [6.07, 6.45) is 2.93. The summed E-state index contributed by atoms with van der Waals surface area (Å²) in [5.74, 6) is -1.04. The molecule has 4 heteroatoms. The van der Waals surface area contributed by atoms with Crippen molar-refractivity contribution >= 4 is 11.9 Å². The molecule has 0 saturated carbocycles. The highest BCUT2D eigenvalue weighted by molar-refractivity contribution is 5.91. The number of rotatable bonds is 5. The Balaban J connectivity index is 3.86. The van der Waals surface area contributed by atoms with Crippen LogP contribution in [0.4, 0.5) is 0 Å². The molecule has 0 unspecified atom stereocenters. The van der Waals surface area contributed by atoms with Gasteiger partial charge < -0.3 is 9.47 Å². The summed E-state index contributed by atoms with van der Waals surface area (Å²) in [5.41, 5.74) is -0.0772. The lowest BCUT2D eigenvalue weighted by molar-refractivity contribution is -0.142. The number of carbonyl (C=O) groups excluding carboxylic acids is 2. The van der Waals surface area contributed by atoms with E-state index >= 15 is 0 Å². The molecule has 0 heterocycles. The van der Waals surface area contributed by atoms with E-state index in [1.165, 1.54) is 0 Å². The summed E-state index contributed by atoms with van der Waals surface area (Å²) >= 11 is 0. The Kier molecular flexibility index (Phi) is 6.46. The normalized spacial score (nSPS) is 11.5. The first-order valence-electron chi connectivity index (χ1n) is 5.37. The molecule has 0 aliphatic rings. The van der Waals surface area contributed by atoms with Crippen LogP contribution in [0, 0.1) is 5.41 Å². The van der Waals surface area contributed by atoms with Crippen LogP contribution in [0.25, 0.3) is 0 Å². The Morgan fingerprint density at radius 2 is 1.56 bits per heavy atom. The van der Waals surface area contributed by atoms with E-state index in [-0.39, 0.29) is 5.41 Å². The van der Waals surface area contributed by atoms with Crippen LogP contribution < -0.4 is 0 Å². The van der Waals surface area contributed by atoms with Crippen molar-refractivity contribution in [2.45, 2.75) is 34.1 Å². The van der Waals surface area contributed by atoms with Gasteiger partial charge in [-0.25, -0.2) is 9.59 Å². The van der Waals surface area contributed by atoms with Gasteiger partial charge in [-0.1, -0.05) is 27.7 Å². The quantitative estimate of drug-likeness (QED) is 0.534. The summed E-state index contributed by atoms with van der Waals surface area (Å²) in [6, 6.07) is 0. The van der Waals surface area contributed by atoms with Crippen LogP contribution in [-0.4, -0.2) is 25.2 Å². The summed E-state index contributed by atoms with van der Waals surface area (Å²) in [6.45, 7) is 8.45. The minimum absolute atomic E-state index is 0.0772. The van der Waals surface area contributed by atoms with Crippen LogP contribution >= 0.6 is 0 Å². The largest absolute Gasteiger partial charge is 0.463 e. The van der Waals surface area contributed by atoms with E-state index < -0.39 is 11.9 Å². The molecule has 16 heavy (non-hydrogen) atoms. The Labute approximate surface area is 96.6 Å². The number of esters is 2. The number of hydrogen-bond donors (Lipinski definition) is 0. The summed E-state index contributed by atoms with van der Waals surface area (Å²) in [4.78, 5) is 22.1. The van der Waals surface area contributed by atoms with E-state index in [0.29, 0.717) is 13.2 Å². The molecule has 0 radical (unpaired) electrons. The third-order valence-corrected chi connectivity index (χ3v) is 1.45. The maximum Gasteiger partial charge on any atom is 0.331 e. The average molecular weight is 228 g/mol. The summed E-state index contributed by atoms with van der Waals surface area (Å²) in [7, 11) is 0. The molecule has 0 spiro atoms. The molecule has 0 aromatic heterocycles. The molecule has 0 rings (SSSR count). The summed E-state index contributed by atoms with van der Waals surface area (Å²) in [5, 5.41) is 0. The van der Waals surface area contributed by atoms with Crippen molar-refractivity contribution < 1.29 is 19.1 Å². The zero-order valence-electron chi connectivity index (χ0n) is 10.4. The van der Waals surface area contributed by atoms with Crippen LogP contribution in [0.5, 0.6) is 0 Å². The van der Waals surface area contributed by atoms with Crippen molar-refractivity contribution in [1.82, 2.24) is 0 Å². The minimum Gasteiger partial charge on any atom is -0.463 e. The van der Waals surface area contributed by atoms with Crippen LogP contribution in [-0.2, 0) is 19.1 Å². The SMILES string of the molecule is CCCOC(=O)/C=C/C(=O)OCC(C)(C)C. The van der Waals surface area contributed by atoms with E-state index in [4.69, 9.17) is 9.47 Å². The second-order valence-corrected chi connectivity index (χ2v) is 4.67. The second-order valence-electron chi connectivity index (χ2n) is 4.67. The highest BCUT2D eigenvalue weighted by Gasteiger charge is 2.12. The Bertz CT molecular complexity index is 261. The van der Waals surface area contributed by atoms with Gasteiger partial charge >= 0.3 is 11.9 Å². The molecule has 4 nitrogen and oxygen atoms in total. The van der Waals surface area contributed by atoms with Crippen LogP contribution in [0.15, 0.2) is 12.2 Å². The van der Waals surface area contributed by atoms with E-state index in [1.807, 2.05) is 27.7 Å². The molecule has 92 valence electrons. The molecule has 0 atom stereocenters. The Hall–Kier alpha value is -1.32. The molecule has 0 fully saturated rings. The molecule has 0 aromatic carbocycles. The zero-order chi connectivity index (χ0) is 12.6. The van der Waals surface area contributed by atoms with Crippen molar-refractivity contribution in [2.75, 3.05) is 13.2 Å². The molecule has 0 aliphatic carbocycles. The van der Waals surface area contributed by atoms with Gasteiger partial charge in [-0.15, -0.1) is 0 Å². The Morgan fingerprint density at radius 1 is 1.06 bits per heavy atom. The van der Waals surface area contributed by atoms with Crippen LogP contribution in [0.1, 0.15) is 34.1 Å². The topological polar surface area (TPSA) is 52.6 Å². The fourth-order valence-corrected chi connectivity index (χ4v) is 0.723. The second kappa shape index (κ2) is 7.04. The van der Waals surface area contributed by atoms with E-state index in [0.717, 1.165) is 18.6 Å². The Morgan fingerprint density at radius 3 is 2.00 bits per heavy atom. The number of hydrogen-bond acceptors (Lipinski definition) is 4. The van der Waals surface area contributed by atoms with Crippen LogP contribution in [0.3, 0.4) is 0 Å². The van der Waals surface area contributed by atoms with E-state index in [9.17, 15) is 9.59 Å². The van der Waals surface area contributed by atoms with Crippen LogP contribution in [0.2, 0.25) is 0 Å². The lowest BCUT2D eigenvalue weighted by atomic mass is 9.99. The number of ether oxygens (including phenoxy) is 2. The van der Waals surface area contributed by atoms with E-state index in [1.54, 1.807) is 0 Å². The van der Waals surface area contributed by atoms with Gasteiger partial charge in [-0.05, 0) is 11.8 Å². The smallest absolute Gasteiger partial charge is 0.331 e. The van der Waals surface area contributed by atoms with Gasteiger partial charge in [-0.2, -0.15) is 0 Å². The molecule has 0 aliphatic heterocycles. The molecule has 0 N–H and O–H groups in total. The standard InChI is InChI=1S/C12H20O4/c1-5-8-15-10(13)6-7-11(14)16-9-12(2,3)4/h6-7H,5,8-9H2,1-4H3/b7-6+. The first-order valence-corrected chi connectivity index (χ1v) is 5.37. The third kappa shape index (κ3) is 9.24. The molecule has 0 aromatic rings. The number of carbonyl (C=O) groups is 2. The molecular formula is C12H20O4. The van der Waals surface area contributed by atoms with Gasteiger partial charge in [0.05, 0.1) is 13.2 Å². The van der Waals surface area contributed by atoms with E-state index in [2.05, 4.69) is 0 Å².